The Balaban J connectivity index is 1.90. The summed E-state index contributed by atoms with van der Waals surface area (Å²) in [5.41, 5.74) is 7.09. The molecule has 0 atom stereocenters. The largest absolute Gasteiger partial charge is 0.286 e. The first-order chi connectivity index (χ1) is 14.5. The smallest absolute Gasteiger partial charge is 0.0653 e. The van der Waals surface area contributed by atoms with Crippen LogP contribution in [0.1, 0.15) is 93.5 Å². The monoisotopic (exact) mass is 425 g/mol. The molecule has 0 saturated carbocycles. The van der Waals surface area contributed by atoms with Gasteiger partial charge in [0, 0.05) is 40.8 Å². The van der Waals surface area contributed by atoms with Crippen LogP contribution in [0.2, 0.25) is 0 Å². The molecule has 0 aliphatic rings. The molecule has 0 saturated heterocycles. The average Bonchev–Trinajstić information content (AvgIpc) is 3.34. The first-order valence-corrected chi connectivity index (χ1v) is 11.4. The second-order valence-electron chi connectivity index (χ2n) is 9.66. The molecule has 0 fully saturated rings. The Labute approximate surface area is 187 Å². The summed E-state index contributed by atoms with van der Waals surface area (Å²) in [6.07, 6.45) is 0. The third-order valence-corrected chi connectivity index (χ3v) is 5.92. The fraction of sp³-hybridized carbons (Fsp3) is 0.625. The van der Waals surface area contributed by atoms with Crippen molar-refractivity contribution in [3.05, 3.63) is 52.4 Å². The van der Waals surface area contributed by atoms with Gasteiger partial charge in [-0.25, -0.2) is 0 Å². The van der Waals surface area contributed by atoms with Crippen LogP contribution in [0.15, 0.2) is 18.2 Å². The van der Waals surface area contributed by atoms with E-state index in [0.29, 0.717) is 17.8 Å². The molecule has 0 radical (unpaired) electrons. The number of aromatic nitrogens is 6. The molecule has 3 heterocycles. The molecular weight excluding hydrogens is 386 g/mol. The third-order valence-electron chi connectivity index (χ3n) is 5.92. The van der Waals surface area contributed by atoms with Crippen LogP contribution >= 0.6 is 0 Å². The van der Waals surface area contributed by atoms with Crippen LogP contribution in [0.25, 0.3) is 0 Å². The number of aryl methyl sites for hydroxylation is 3. The summed E-state index contributed by atoms with van der Waals surface area (Å²) in [6.45, 7) is 15.6. The van der Waals surface area contributed by atoms with E-state index in [4.69, 9.17) is 15.3 Å². The van der Waals surface area contributed by atoms with E-state index in [2.05, 4.69) is 64.6 Å². The molecule has 7 nitrogen and oxygen atoms in total. The maximum atomic E-state index is 4.72. The van der Waals surface area contributed by atoms with Crippen molar-refractivity contribution < 1.29 is 0 Å². The van der Waals surface area contributed by atoms with Crippen LogP contribution in [-0.4, -0.2) is 34.2 Å². The van der Waals surface area contributed by atoms with Gasteiger partial charge in [0.1, 0.15) is 0 Å². The van der Waals surface area contributed by atoms with Crippen molar-refractivity contribution in [1.82, 2.24) is 34.2 Å². The number of hydrogen-bond donors (Lipinski definition) is 0. The Hall–Kier alpha value is -2.41. The molecule has 0 spiro atoms. The SMILES string of the molecule is CC(C)c1cc(CN(Cc2cc(C(C)C)nn2C)Cc2cc(C(C)C)nn2C)n(C)n1. The van der Waals surface area contributed by atoms with Crippen LogP contribution in [0.5, 0.6) is 0 Å². The number of hydrogen-bond acceptors (Lipinski definition) is 4. The zero-order chi connectivity index (χ0) is 22.9. The molecule has 0 aromatic carbocycles. The number of nitrogens with zero attached hydrogens (tertiary/aromatic N) is 7. The highest BCUT2D eigenvalue weighted by Gasteiger charge is 2.18. The minimum atomic E-state index is 0.421. The van der Waals surface area contributed by atoms with Gasteiger partial charge in [0.05, 0.1) is 34.2 Å². The van der Waals surface area contributed by atoms with Gasteiger partial charge in [-0.15, -0.1) is 0 Å². The molecule has 170 valence electrons. The molecule has 31 heavy (non-hydrogen) atoms. The van der Waals surface area contributed by atoms with Gasteiger partial charge in [0.15, 0.2) is 0 Å². The summed E-state index contributed by atoms with van der Waals surface area (Å²) in [5, 5.41) is 14.2. The molecule has 0 bridgehead atoms. The topological polar surface area (TPSA) is 56.7 Å². The van der Waals surface area contributed by atoms with Gasteiger partial charge in [0.25, 0.3) is 0 Å². The third kappa shape index (κ3) is 5.45. The molecule has 3 rings (SSSR count). The molecule has 0 unspecified atom stereocenters. The quantitative estimate of drug-likeness (QED) is 0.508. The Kier molecular flexibility index (Phi) is 7.04. The summed E-state index contributed by atoms with van der Waals surface area (Å²) in [6, 6.07) is 6.72. The molecule has 0 amide bonds. The van der Waals surface area contributed by atoms with E-state index in [1.54, 1.807) is 0 Å². The van der Waals surface area contributed by atoms with Gasteiger partial charge < -0.3 is 0 Å². The van der Waals surface area contributed by atoms with Crippen LogP contribution in [0, 0.1) is 0 Å². The van der Waals surface area contributed by atoms with Crippen molar-refractivity contribution >= 4 is 0 Å². The normalized spacial score (nSPS) is 12.3. The van der Waals surface area contributed by atoms with Gasteiger partial charge in [-0.3, -0.25) is 18.9 Å². The van der Waals surface area contributed by atoms with Gasteiger partial charge in [0.2, 0.25) is 0 Å². The molecule has 0 N–H and O–H groups in total. The highest BCUT2D eigenvalue weighted by Crippen LogP contribution is 2.21. The zero-order valence-corrected chi connectivity index (χ0v) is 20.7. The Bertz CT molecular complexity index is 874. The Morgan fingerprint density at radius 3 is 1.03 bits per heavy atom. The van der Waals surface area contributed by atoms with Crippen molar-refractivity contribution in [1.29, 1.82) is 0 Å². The van der Waals surface area contributed by atoms with Gasteiger partial charge in [-0.1, -0.05) is 41.5 Å². The fourth-order valence-electron chi connectivity index (χ4n) is 3.74. The van der Waals surface area contributed by atoms with Crippen molar-refractivity contribution in [2.45, 2.75) is 78.9 Å². The Morgan fingerprint density at radius 1 is 0.581 bits per heavy atom. The van der Waals surface area contributed by atoms with Crippen LogP contribution in [-0.2, 0) is 40.8 Å². The van der Waals surface area contributed by atoms with E-state index < -0.39 is 0 Å². The van der Waals surface area contributed by atoms with Crippen molar-refractivity contribution in [3.8, 4) is 0 Å². The lowest BCUT2D eigenvalue weighted by Crippen LogP contribution is -2.26. The second-order valence-corrected chi connectivity index (χ2v) is 9.66. The van der Waals surface area contributed by atoms with Crippen molar-refractivity contribution in [2.75, 3.05) is 0 Å². The lowest BCUT2D eigenvalue weighted by Gasteiger charge is -2.22. The Morgan fingerprint density at radius 2 is 0.839 bits per heavy atom. The van der Waals surface area contributed by atoms with Gasteiger partial charge in [-0.2, -0.15) is 15.3 Å². The van der Waals surface area contributed by atoms with Crippen LogP contribution in [0.3, 0.4) is 0 Å². The minimum Gasteiger partial charge on any atom is -0.286 e. The summed E-state index contributed by atoms with van der Waals surface area (Å²) in [4.78, 5) is 2.46. The minimum absolute atomic E-state index is 0.421. The summed E-state index contributed by atoms with van der Waals surface area (Å²) < 4.78 is 6.07. The predicted octanol–water partition coefficient (Wildman–Crippen LogP) is 4.46. The average molecular weight is 426 g/mol. The standard InChI is InChI=1S/C24H39N7/c1-16(2)22-10-19(28(7)25-22)13-31(14-20-11-23(17(3)4)26-29(20)8)15-21-12-24(18(5)6)27-30(21)9/h10-12,16-18H,13-15H2,1-9H3. The number of rotatable bonds is 9. The predicted molar refractivity (Wildman–Crippen MR) is 125 cm³/mol. The van der Waals surface area contributed by atoms with Gasteiger partial charge >= 0.3 is 0 Å². The maximum absolute atomic E-state index is 4.72. The van der Waals surface area contributed by atoms with E-state index >= 15 is 0 Å². The molecule has 3 aromatic heterocycles. The van der Waals surface area contributed by atoms with Crippen LogP contribution < -0.4 is 0 Å². The lowest BCUT2D eigenvalue weighted by molar-refractivity contribution is 0.228. The van der Waals surface area contributed by atoms with Gasteiger partial charge in [-0.05, 0) is 36.0 Å². The molecule has 7 heteroatoms. The first kappa shape index (κ1) is 23.3. The fourth-order valence-corrected chi connectivity index (χ4v) is 3.74. The molecular formula is C24H39N7. The summed E-state index contributed by atoms with van der Waals surface area (Å²) >= 11 is 0. The highest BCUT2D eigenvalue weighted by atomic mass is 15.3. The summed E-state index contributed by atoms with van der Waals surface area (Å²) in [7, 11) is 6.13. The molecule has 0 aliphatic heterocycles. The van der Waals surface area contributed by atoms with Crippen molar-refractivity contribution in [2.24, 2.45) is 21.1 Å². The van der Waals surface area contributed by atoms with E-state index in [1.807, 2.05) is 35.2 Å². The van der Waals surface area contributed by atoms with E-state index in [-0.39, 0.29) is 0 Å². The maximum Gasteiger partial charge on any atom is 0.0653 e. The van der Waals surface area contributed by atoms with Crippen molar-refractivity contribution in [3.63, 3.8) is 0 Å². The lowest BCUT2D eigenvalue weighted by atomic mass is 10.1. The van der Waals surface area contributed by atoms with E-state index in [0.717, 1.165) is 36.7 Å². The highest BCUT2D eigenvalue weighted by molar-refractivity contribution is 5.17. The summed E-state index contributed by atoms with van der Waals surface area (Å²) in [5.74, 6) is 1.26. The molecule has 3 aromatic rings. The van der Waals surface area contributed by atoms with E-state index in [9.17, 15) is 0 Å². The molecule has 0 aliphatic carbocycles. The zero-order valence-electron chi connectivity index (χ0n) is 20.7. The van der Waals surface area contributed by atoms with E-state index in [1.165, 1.54) is 17.1 Å². The first-order valence-electron chi connectivity index (χ1n) is 11.4. The van der Waals surface area contributed by atoms with Crippen LogP contribution in [0.4, 0.5) is 0 Å². The second kappa shape index (κ2) is 9.39.